The standard InChI is InChI=1S/C23H24N2O3S2/c1-15-7-8-19-17(9-15)10-20(30-19)23(27)28-13-18-14-29-22(25-18)11-21(26)24-12-16-5-3-2-4-6-16/h2-6,10,14-15H,7-9,11-13H2,1H3,(H,24,26). The molecule has 1 unspecified atom stereocenters. The van der Waals surface area contributed by atoms with Crippen molar-refractivity contribution in [3.63, 3.8) is 0 Å². The van der Waals surface area contributed by atoms with Gasteiger partial charge in [-0.15, -0.1) is 22.7 Å². The van der Waals surface area contributed by atoms with E-state index in [1.54, 1.807) is 11.3 Å². The summed E-state index contributed by atoms with van der Waals surface area (Å²) in [5.74, 6) is 0.307. The van der Waals surface area contributed by atoms with Crippen molar-refractivity contribution in [2.75, 3.05) is 0 Å². The topological polar surface area (TPSA) is 68.3 Å². The Morgan fingerprint density at radius 2 is 2.10 bits per heavy atom. The fourth-order valence-corrected chi connectivity index (χ4v) is 5.39. The maximum atomic E-state index is 12.4. The second kappa shape index (κ2) is 9.53. The molecule has 4 rings (SSSR count). The zero-order chi connectivity index (χ0) is 20.9. The van der Waals surface area contributed by atoms with Crippen LogP contribution in [0.15, 0.2) is 41.8 Å². The minimum atomic E-state index is -0.294. The van der Waals surface area contributed by atoms with Crippen molar-refractivity contribution in [3.05, 3.63) is 73.4 Å². The molecule has 1 aliphatic carbocycles. The Morgan fingerprint density at radius 3 is 2.93 bits per heavy atom. The molecule has 1 aliphatic rings. The summed E-state index contributed by atoms with van der Waals surface area (Å²) in [6, 6.07) is 11.8. The first-order valence-corrected chi connectivity index (χ1v) is 11.8. The molecule has 2 aromatic heterocycles. The molecule has 7 heteroatoms. The molecule has 0 fully saturated rings. The maximum absolute atomic E-state index is 12.4. The number of fused-ring (bicyclic) bond motifs is 1. The van der Waals surface area contributed by atoms with Crippen LogP contribution < -0.4 is 5.32 Å². The highest BCUT2D eigenvalue weighted by molar-refractivity contribution is 7.14. The fourth-order valence-electron chi connectivity index (χ4n) is 3.51. The smallest absolute Gasteiger partial charge is 0.348 e. The van der Waals surface area contributed by atoms with E-state index in [1.165, 1.54) is 28.2 Å². The quantitative estimate of drug-likeness (QED) is 0.548. The summed E-state index contributed by atoms with van der Waals surface area (Å²) in [6.45, 7) is 2.87. The lowest BCUT2D eigenvalue weighted by atomic mass is 9.90. The summed E-state index contributed by atoms with van der Waals surface area (Å²) in [5, 5.41) is 5.46. The summed E-state index contributed by atoms with van der Waals surface area (Å²) in [7, 11) is 0. The number of rotatable bonds is 7. The number of carbonyl (C=O) groups excluding carboxylic acids is 2. The number of aryl methyl sites for hydroxylation is 1. The van der Waals surface area contributed by atoms with Crippen LogP contribution in [0.5, 0.6) is 0 Å². The molecule has 0 spiro atoms. The molecule has 30 heavy (non-hydrogen) atoms. The van der Waals surface area contributed by atoms with Gasteiger partial charge in [-0.2, -0.15) is 0 Å². The number of carbonyl (C=O) groups is 2. The number of nitrogens with zero attached hydrogens (tertiary/aromatic N) is 1. The van der Waals surface area contributed by atoms with Crippen molar-refractivity contribution in [2.24, 2.45) is 5.92 Å². The molecule has 5 nitrogen and oxygen atoms in total. The number of amides is 1. The van der Waals surface area contributed by atoms with E-state index in [9.17, 15) is 9.59 Å². The zero-order valence-corrected chi connectivity index (χ0v) is 18.5. The number of esters is 1. The van der Waals surface area contributed by atoms with Crippen LogP contribution in [0.4, 0.5) is 0 Å². The minimum absolute atomic E-state index is 0.0739. The zero-order valence-electron chi connectivity index (χ0n) is 16.8. The fraction of sp³-hybridized carbons (Fsp3) is 0.348. The van der Waals surface area contributed by atoms with Crippen LogP contribution in [0.25, 0.3) is 0 Å². The van der Waals surface area contributed by atoms with E-state index < -0.39 is 0 Å². The number of aromatic nitrogens is 1. The Morgan fingerprint density at radius 1 is 1.27 bits per heavy atom. The number of thiophene rings is 1. The number of nitrogens with one attached hydrogen (secondary N) is 1. The Balaban J connectivity index is 1.25. The third-order valence-corrected chi connectivity index (χ3v) is 7.24. The Hall–Kier alpha value is -2.51. The van der Waals surface area contributed by atoms with Crippen LogP contribution in [0.2, 0.25) is 0 Å². The van der Waals surface area contributed by atoms with E-state index >= 15 is 0 Å². The molecule has 0 radical (unpaired) electrons. The summed E-state index contributed by atoms with van der Waals surface area (Å²) >= 11 is 2.96. The molecule has 1 N–H and O–H groups in total. The van der Waals surface area contributed by atoms with Gasteiger partial charge in [0.2, 0.25) is 5.91 Å². The normalized spacial score (nSPS) is 15.4. The van der Waals surface area contributed by atoms with Gasteiger partial charge in [0.05, 0.1) is 12.1 Å². The molecule has 1 amide bonds. The molecule has 1 atom stereocenters. The van der Waals surface area contributed by atoms with Gasteiger partial charge in [0.1, 0.15) is 16.5 Å². The second-order valence-corrected chi connectivity index (χ2v) is 9.73. The number of thiazole rings is 1. The van der Waals surface area contributed by atoms with E-state index in [-0.39, 0.29) is 24.9 Å². The van der Waals surface area contributed by atoms with Gasteiger partial charge in [0.25, 0.3) is 0 Å². The lowest BCUT2D eigenvalue weighted by Gasteiger charge is -2.16. The van der Waals surface area contributed by atoms with Gasteiger partial charge in [0, 0.05) is 16.8 Å². The van der Waals surface area contributed by atoms with Crippen molar-refractivity contribution in [2.45, 2.75) is 45.8 Å². The monoisotopic (exact) mass is 440 g/mol. The van der Waals surface area contributed by atoms with Crippen molar-refractivity contribution in [1.29, 1.82) is 0 Å². The van der Waals surface area contributed by atoms with Gasteiger partial charge in [-0.3, -0.25) is 4.79 Å². The molecule has 1 aromatic carbocycles. The van der Waals surface area contributed by atoms with Gasteiger partial charge in [-0.05, 0) is 42.4 Å². The average Bonchev–Trinajstić information content (AvgIpc) is 3.37. The first-order valence-electron chi connectivity index (χ1n) is 10.1. The summed E-state index contributed by atoms with van der Waals surface area (Å²) < 4.78 is 5.46. The number of benzene rings is 1. The average molecular weight is 441 g/mol. The van der Waals surface area contributed by atoms with Crippen LogP contribution >= 0.6 is 22.7 Å². The summed E-state index contributed by atoms with van der Waals surface area (Å²) in [4.78, 5) is 31.0. The third-order valence-electron chi connectivity index (χ3n) is 5.13. The molecular formula is C23H24N2O3S2. The van der Waals surface area contributed by atoms with Crippen LogP contribution in [0.3, 0.4) is 0 Å². The minimum Gasteiger partial charge on any atom is -0.455 e. The van der Waals surface area contributed by atoms with Crippen molar-refractivity contribution >= 4 is 34.6 Å². The van der Waals surface area contributed by atoms with Gasteiger partial charge in [-0.25, -0.2) is 9.78 Å². The highest BCUT2D eigenvalue weighted by Crippen LogP contribution is 2.32. The largest absolute Gasteiger partial charge is 0.455 e. The van der Waals surface area contributed by atoms with Crippen LogP contribution in [-0.2, 0) is 41.9 Å². The number of ether oxygens (including phenoxy) is 1. The number of hydrogen-bond donors (Lipinski definition) is 1. The maximum Gasteiger partial charge on any atom is 0.348 e. The van der Waals surface area contributed by atoms with E-state index in [4.69, 9.17) is 4.74 Å². The first-order chi connectivity index (χ1) is 14.6. The third kappa shape index (κ3) is 5.34. The van der Waals surface area contributed by atoms with Crippen molar-refractivity contribution in [1.82, 2.24) is 10.3 Å². The van der Waals surface area contributed by atoms with E-state index in [1.807, 2.05) is 41.8 Å². The highest BCUT2D eigenvalue weighted by Gasteiger charge is 2.21. The predicted octanol–water partition coefficient (Wildman–Crippen LogP) is 4.55. The van der Waals surface area contributed by atoms with Gasteiger partial charge in [0.15, 0.2) is 0 Å². The van der Waals surface area contributed by atoms with Crippen LogP contribution in [0.1, 0.15) is 49.7 Å². The van der Waals surface area contributed by atoms with Crippen LogP contribution in [0, 0.1) is 5.92 Å². The lowest BCUT2D eigenvalue weighted by molar-refractivity contribution is -0.120. The van der Waals surface area contributed by atoms with Gasteiger partial charge < -0.3 is 10.1 Å². The predicted molar refractivity (Wildman–Crippen MR) is 119 cm³/mol. The van der Waals surface area contributed by atoms with Crippen LogP contribution in [-0.4, -0.2) is 16.9 Å². The lowest BCUT2D eigenvalue weighted by Crippen LogP contribution is -2.24. The van der Waals surface area contributed by atoms with Crippen molar-refractivity contribution < 1.29 is 14.3 Å². The molecule has 3 aromatic rings. The molecule has 0 bridgehead atoms. The molecule has 0 saturated carbocycles. The molecular weight excluding hydrogens is 416 g/mol. The summed E-state index contributed by atoms with van der Waals surface area (Å²) in [6.07, 6.45) is 3.50. The summed E-state index contributed by atoms with van der Waals surface area (Å²) in [5.41, 5.74) is 3.03. The van der Waals surface area contributed by atoms with E-state index in [2.05, 4.69) is 17.2 Å². The molecule has 2 heterocycles. The second-order valence-electron chi connectivity index (χ2n) is 7.65. The molecule has 0 saturated heterocycles. The Kier molecular flexibility index (Phi) is 6.59. The Labute approximate surface area is 184 Å². The van der Waals surface area contributed by atoms with Gasteiger partial charge >= 0.3 is 5.97 Å². The van der Waals surface area contributed by atoms with Crippen molar-refractivity contribution in [3.8, 4) is 0 Å². The van der Waals surface area contributed by atoms with E-state index in [0.717, 1.165) is 18.4 Å². The van der Waals surface area contributed by atoms with Gasteiger partial charge in [-0.1, -0.05) is 37.3 Å². The number of hydrogen-bond acceptors (Lipinski definition) is 6. The first kappa shape index (κ1) is 20.8. The van der Waals surface area contributed by atoms with E-state index in [0.29, 0.717) is 28.0 Å². The highest BCUT2D eigenvalue weighted by atomic mass is 32.1. The molecule has 156 valence electrons. The SMILES string of the molecule is CC1CCc2sc(C(=O)OCc3csc(CC(=O)NCc4ccccc4)n3)cc2C1. The Bertz CT molecular complexity index is 1030. The molecule has 0 aliphatic heterocycles.